The van der Waals surface area contributed by atoms with Gasteiger partial charge in [-0.15, -0.1) is 0 Å². The molecule has 2 fully saturated rings. The van der Waals surface area contributed by atoms with Crippen molar-refractivity contribution in [3.8, 4) is 0 Å². The van der Waals surface area contributed by atoms with Gasteiger partial charge in [0.15, 0.2) is 12.5 Å². The maximum Gasteiger partial charge on any atom is 0.351 e. The van der Waals surface area contributed by atoms with Gasteiger partial charge in [-0.1, -0.05) is 42.5 Å². The molecule has 2 amide bonds. The van der Waals surface area contributed by atoms with Crippen LogP contribution >= 0.6 is 0 Å². The third-order valence-corrected chi connectivity index (χ3v) is 6.67. The molecular formula is C29H29FN4O8. The van der Waals surface area contributed by atoms with Crippen LogP contribution in [-0.2, 0) is 25.6 Å². The topological polar surface area (TPSA) is 150 Å². The fourth-order valence-electron chi connectivity index (χ4n) is 4.74. The fourth-order valence-corrected chi connectivity index (χ4v) is 4.74. The minimum atomic E-state index is -1.28. The summed E-state index contributed by atoms with van der Waals surface area (Å²) in [6.45, 7) is 1.72. The zero-order valence-electron chi connectivity index (χ0n) is 22.5. The van der Waals surface area contributed by atoms with Crippen molar-refractivity contribution in [1.29, 1.82) is 0 Å². The molecule has 0 saturated carbocycles. The Morgan fingerprint density at radius 2 is 1.88 bits per heavy atom. The molecule has 0 aliphatic carbocycles. The normalized spacial score (nSPS) is 23.1. The van der Waals surface area contributed by atoms with E-state index in [1.165, 1.54) is 29.0 Å². The Morgan fingerprint density at radius 1 is 1.10 bits per heavy atom. The smallest absolute Gasteiger partial charge is 0.351 e. The highest BCUT2D eigenvalue weighted by Gasteiger charge is 2.53. The number of ether oxygens (including phenoxy) is 4. The molecule has 3 heterocycles. The number of nitrogens with zero attached hydrogens (tertiary/aromatic N) is 2. The van der Waals surface area contributed by atoms with E-state index in [9.17, 15) is 23.9 Å². The lowest BCUT2D eigenvalue weighted by molar-refractivity contribution is -0.141. The molecule has 2 aliphatic heterocycles. The van der Waals surface area contributed by atoms with Gasteiger partial charge >= 0.3 is 17.7 Å². The standard InChI is InChI=1S/C29H29FN4O8/c1-2-31-28(37)32-22-13-14-34(29(38)33-22)26-25-24(41-23(42-25)12-11-17-7-4-3-5-8-17)21(40-26)16-39-15-19-18(27(35)36)9-6-10-20(19)30/h3-14,21,23-26H,2,15-16H2,1H3,(H,35,36)(H2,31,32,33,37,38)/b12-11+/t21-,23+,24-,25-,26-/m1/s1. The van der Waals surface area contributed by atoms with Gasteiger partial charge in [0.2, 0.25) is 0 Å². The van der Waals surface area contributed by atoms with Crippen molar-refractivity contribution in [2.45, 2.75) is 44.4 Å². The van der Waals surface area contributed by atoms with Crippen molar-refractivity contribution in [3.05, 3.63) is 99.9 Å². The molecule has 0 bridgehead atoms. The van der Waals surface area contributed by atoms with Gasteiger partial charge in [0, 0.05) is 18.3 Å². The van der Waals surface area contributed by atoms with E-state index >= 15 is 0 Å². The average Bonchev–Trinajstić information content (AvgIpc) is 3.53. The highest BCUT2D eigenvalue weighted by atomic mass is 19.1. The van der Waals surface area contributed by atoms with Crippen molar-refractivity contribution < 1.29 is 38.0 Å². The summed E-state index contributed by atoms with van der Waals surface area (Å²) in [5.74, 6) is -1.92. The van der Waals surface area contributed by atoms with E-state index in [1.807, 2.05) is 36.4 Å². The summed E-state index contributed by atoms with van der Waals surface area (Å²) < 4.78 is 39.7. The van der Waals surface area contributed by atoms with Crippen LogP contribution in [0.5, 0.6) is 0 Å². The molecule has 13 heteroatoms. The Bertz CT molecular complexity index is 1510. The second-order valence-corrected chi connectivity index (χ2v) is 9.48. The molecule has 0 spiro atoms. The monoisotopic (exact) mass is 580 g/mol. The van der Waals surface area contributed by atoms with Crippen LogP contribution in [0.25, 0.3) is 6.08 Å². The van der Waals surface area contributed by atoms with E-state index < -0.39 is 54.3 Å². The summed E-state index contributed by atoms with van der Waals surface area (Å²) in [5, 5.41) is 14.5. The summed E-state index contributed by atoms with van der Waals surface area (Å²) in [6, 6.07) is 14.3. The van der Waals surface area contributed by atoms with Gasteiger partial charge in [-0.2, -0.15) is 4.98 Å². The van der Waals surface area contributed by atoms with Crippen LogP contribution in [0.3, 0.4) is 0 Å². The highest BCUT2D eigenvalue weighted by Crippen LogP contribution is 2.39. The lowest BCUT2D eigenvalue weighted by atomic mass is 10.1. The first-order valence-electron chi connectivity index (χ1n) is 13.3. The number of carboxylic acids is 1. The van der Waals surface area contributed by atoms with Gasteiger partial charge in [-0.05, 0) is 36.8 Å². The Hall–Kier alpha value is -4.43. The number of anilines is 1. The van der Waals surface area contributed by atoms with Crippen LogP contribution in [0.4, 0.5) is 15.0 Å². The fraction of sp³-hybridized carbons (Fsp3) is 0.310. The molecule has 220 valence electrons. The zero-order valence-corrected chi connectivity index (χ0v) is 22.5. The molecule has 2 aliphatic rings. The molecule has 42 heavy (non-hydrogen) atoms. The summed E-state index contributed by atoms with van der Waals surface area (Å²) >= 11 is 0. The number of carbonyl (C=O) groups excluding carboxylic acids is 1. The molecule has 0 radical (unpaired) electrons. The molecule has 5 rings (SSSR count). The number of halogens is 1. The van der Waals surface area contributed by atoms with E-state index in [2.05, 4.69) is 15.6 Å². The first-order chi connectivity index (χ1) is 20.3. The minimum absolute atomic E-state index is 0.0583. The molecule has 3 N–H and O–H groups in total. The molecule has 3 aromatic rings. The van der Waals surface area contributed by atoms with Crippen LogP contribution in [-0.4, -0.2) is 64.4 Å². The Balaban J connectivity index is 1.34. The third-order valence-electron chi connectivity index (χ3n) is 6.67. The van der Waals surface area contributed by atoms with Crippen molar-refractivity contribution in [2.24, 2.45) is 0 Å². The lowest BCUT2D eigenvalue weighted by Crippen LogP contribution is -2.35. The van der Waals surface area contributed by atoms with Crippen molar-refractivity contribution in [1.82, 2.24) is 14.9 Å². The van der Waals surface area contributed by atoms with E-state index in [4.69, 9.17) is 18.9 Å². The molecule has 1 aromatic heterocycles. The Morgan fingerprint density at radius 3 is 2.62 bits per heavy atom. The van der Waals surface area contributed by atoms with Gasteiger partial charge in [0.25, 0.3) is 0 Å². The van der Waals surface area contributed by atoms with Crippen molar-refractivity contribution in [2.75, 3.05) is 18.5 Å². The quantitative estimate of drug-likeness (QED) is 0.329. The average molecular weight is 581 g/mol. The lowest BCUT2D eigenvalue weighted by Gasteiger charge is -2.21. The first-order valence-corrected chi connectivity index (χ1v) is 13.3. The van der Waals surface area contributed by atoms with Crippen LogP contribution in [0.2, 0.25) is 0 Å². The number of hydrogen-bond donors (Lipinski definition) is 3. The molecule has 0 unspecified atom stereocenters. The maximum atomic E-state index is 14.4. The van der Waals surface area contributed by atoms with Gasteiger partial charge < -0.3 is 29.4 Å². The highest BCUT2D eigenvalue weighted by molar-refractivity contribution is 5.89. The Labute approximate surface area is 239 Å². The van der Waals surface area contributed by atoms with Gasteiger partial charge in [-0.25, -0.2) is 18.8 Å². The third kappa shape index (κ3) is 6.55. The van der Waals surface area contributed by atoms with Crippen molar-refractivity contribution >= 4 is 23.9 Å². The van der Waals surface area contributed by atoms with Crippen LogP contribution < -0.4 is 16.3 Å². The number of carboxylic acid groups (broad SMARTS) is 1. The largest absolute Gasteiger partial charge is 0.478 e. The summed E-state index contributed by atoms with van der Waals surface area (Å²) in [5.41, 5.74) is -0.0642. The van der Waals surface area contributed by atoms with E-state index in [1.54, 1.807) is 13.0 Å². The molecule has 5 atom stereocenters. The summed E-state index contributed by atoms with van der Waals surface area (Å²) in [4.78, 5) is 40.2. The summed E-state index contributed by atoms with van der Waals surface area (Å²) in [7, 11) is 0. The number of aromatic carboxylic acids is 1. The number of fused-ring (bicyclic) bond motifs is 1. The van der Waals surface area contributed by atoms with E-state index in [-0.39, 0.29) is 30.2 Å². The van der Waals surface area contributed by atoms with Gasteiger partial charge in [0.1, 0.15) is 29.9 Å². The minimum Gasteiger partial charge on any atom is -0.478 e. The number of urea groups is 1. The molecule has 2 aromatic carbocycles. The zero-order chi connectivity index (χ0) is 29.6. The van der Waals surface area contributed by atoms with Gasteiger partial charge in [-0.3, -0.25) is 9.88 Å². The van der Waals surface area contributed by atoms with E-state index in [0.717, 1.165) is 11.6 Å². The number of aromatic nitrogens is 2. The predicted octanol–water partition coefficient (Wildman–Crippen LogP) is 3.16. The molecule has 12 nitrogen and oxygen atoms in total. The number of amides is 2. The second kappa shape index (κ2) is 13.0. The summed E-state index contributed by atoms with van der Waals surface area (Å²) in [6.07, 6.45) is 1.11. The predicted molar refractivity (Wildman–Crippen MR) is 147 cm³/mol. The SMILES string of the molecule is CCNC(=O)Nc1ccn([C@@H]2O[C@H](COCc3c(F)cccc3C(=O)O)[C@H]3O[C@H](/C=C/c4ccccc4)O[C@H]32)c(=O)n1. The van der Waals surface area contributed by atoms with Crippen molar-refractivity contribution in [3.63, 3.8) is 0 Å². The number of carbonyl (C=O) groups is 2. The van der Waals surface area contributed by atoms with Crippen LogP contribution in [0.15, 0.2) is 71.7 Å². The van der Waals surface area contributed by atoms with E-state index in [0.29, 0.717) is 6.54 Å². The number of rotatable bonds is 10. The number of hydrogen-bond acceptors (Lipinski definition) is 8. The second-order valence-electron chi connectivity index (χ2n) is 9.48. The van der Waals surface area contributed by atoms with Gasteiger partial charge in [0.05, 0.1) is 18.8 Å². The maximum absolute atomic E-state index is 14.4. The van der Waals surface area contributed by atoms with Crippen LogP contribution in [0, 0.1) is 5.82 Å². The Kier molecular flexibility index (Phi) is 9.03. The number of nitrogens with one attached hydrogen (secondary N) is 2. The number of benzene rings is 2. The molecular weight excluding hydrogens is 551 g/mol. The van der Waals surface area contributed by atoms with Crippen LogP contribution in [0.1, 0.15) is 34.6 Å². The molecule has 2 saturated heterocycles. The first kappa shape index (κ1) is 29.1.